The van der Waals surface area contributed by atoms with Crippen LogP contribution in [0.25, 0.3) is 0 Å². The maximum atomic E-state index is 11.9. The minimum absolute atomic E-state index is 0.220. The summed E-state index contributed by atoms with van der Waals surface area (Å²) < 4.78 is 27.0. The van der Waals surface area contributed by atoms with Crippen molar-refractivity contribution >= 4 is 20.7 Å². The molecule has 154 valence electrons. The first kappa shape index (κ1) is 25.1. The first-order chi connectivity index (χ1) is 11.5. The van der Waals surface area contributed by atoms with E-state index in [2.05, 4.69) is 0 Å². The van der Waals surface area contributed by atoms with Crippen LogP contribution in [0.5, 0.6) is 0 Å². The third kappa shape index (κ3) is 14.2. The van der Waals surface area contributed by atoms with E-state index >= 15 is 0 Å². The highest BCUT2D eigenvalue weighted by Crippen LogP contribution is 2.47. The van der Waals surface area contributed by atoms with E-state index in [1.807, 2.05) is 41.5 Å². The number of hydrogen-bond acceptors (Lipinski definition) is 7. The number of ether oxygens (including phenoxy) is 2. The van der Waals surface area contributed by atoms with Gasteiger partial charge in [-0.1, -0.05) is 0 Å². The van der Waals surface area contributed by atoms with E-state index in [1.165, 1.54) is 7.05 Å². The monoisotopic (exact) mass is 395 g/mol. The van der Waals surface area contributed by atoms with Gasteiger partial charge in [0.2, 0.25) is 6.79 Å². The molecule has 9 heteroatoms. The van der Waals surface area contributed by atoms with E-state index < -0.39 is 37.5 Å². The highest BCUT2D eigenvalue weighted by Gasteiger charge is 2.28. The van der Waals surface area contributed by atoms with Gasteiger partial charge in [0.25, 0.3) is 0 Å². The van der Waals surface area contributed by atoms with Crippen molar-refractivity contribution in [3.63, 3.8) is 0 Å². The van der Waals surface area contributed by atoms with E-state index in [-0.39, 0.29) is 13.3 Å². The van der Waals surface area contributed by atoms with Crippen LogP contribution in [0.2, 0.25) is 0 Å². The molecule has 0 unspecified atom stereocenters. The van der Waals surface area contributed by atoms with Crippen LogP contribution in [0.3, 0.4) is 0 Å². The summed E-state index contributed by atoms with van der Waals surface area (Å²) in [4.78, 5) is 24.8. The lowest BCUT2D eigenvalue weighted by atomic mass is 10.2. The summed E-state index contributed by atoms with van der Waals surface area (Å²) in [5, 5.41) is 0. The van der Waals surface area contributed by atoms with Crippen LogP contribution in [-0.2, 0) is 27.8 Å². The largest absolute Gasteiger partial charge is 0.459 e. The van der Waals surface area contributed by atoms with Gasteiger partial charge >= 0.3 is 20.7 Å². The van der Waals surface area contributed by atoms with Crippen molar-refractivity contribution in [2.45, 2.75) is 79.1 Å². The van der Waals surface area contributed by atoms with Crippen molar-refractivity contribution in [2.75, 3.05) is 20.4 Å². The second kappa shape index (κ2) is 9.83. The van der Waals surface area contributed by atoms with Crippen molar-refractivity contribution < 1.29 is 32.6 Å². The van der Waals surface area contributed by atoms with Crippen molar-refractivity contribution in [3.8, 4) is 0 Å². The maximum Gasteiger partial charge on any atom is 0.412 e. The fourth-order valence-electron chi connectivity index (χ4n) is 1.38. The van der Waals surface area contributed by atoms with Crippen LogP contribution in [0.4, 0.5) is 4.79 Å². The van der Waals surface area contributed by atoms with Gasteiger partial charge in [0.05, 0.1) is 11.2 Å². The number of hydrogen-bond donors (Lipinski definition) is 0. The molecule has 0 aromatic heterocycles. The van der Waals surface area contributed by atoms with Gasteiger partial charge in [-0.25, -0.2) is 4.79 Å². The SMILES string of the molecule is CN(CC(=O)OC(C)(C)C)C(=O)OCOP(OC(C)(C)C)OC(C)(C)C. The molecule has 0 aliphatic carbocycles. The Labute approximate surface area is 158 Å². The van der Waals surface area contributed by atoms with Gasteiger partial charge in [-0.15, -0.1) is 0 Å². The second-order valence-electron chi connectivity index (χ2n) is 8.73. The molecule has 26 heavy (non-hydrogen) atoms. The summed E-state index contributed by atoms with van der Waals surface area (Å²) >= 11 is 0. The fraction of sp³-hybridized carbons (Fsp3) is 0.882. The van der Waals surface area contributed by atoms with E-state index in [0.29, 0.717) is 0 Å². The molecule has 8 nitrogen and oxygen atoms in total. The lowest BCUT2D eigenvalue weighted by Gasteiger charge is -2.30. The fourth-order valence-corrected chi connectivity index (χ4v) is 2.56. The first-order valence-corrected chi connectivity index (χ1v) is 9.49. The minimum Gasteiger partial charge on any atom is -0.459 e. The van der Waals surface area contributed by atoms with Crippen LogP contribution in [-0.4, -0.2) is 54.2 Å². The summed E-state index contributed by atoms with van der Waals surface area (Å²) in [5.41, 5.74) is -1.57. The number of likely N-dealkylation sites (N-methyl/N-ethyl adjacent to an activating group) is 1. The molecule has 0 aliphatic rings. The Kier molecular flexibility index (Phi) is 9.47. The van der Waals surface area contributed by atoms with Gasteiger partial charge in [0.15, 0.2) is 0 Å². The average molecular weight is 395 g/mol. The number of carbonyl (C=O) groups is 2. The van der Waals surface area contributed by atoms with Crippen LogP contribution in [0.1, 0.15) is 62.3 Å². The molecule has 0 N–H and O–H groups in total. The number of rotatable bonds is 7. The molecule has 0 fully saturated rings. The summed E-state index contributed by atoms with van der Waals surface area (Å²) in [5.74, 6) is -0.521. The summed E-state index contributed by atoms with van der Waals surface area (Å²) in [6.07, 6.45) is -0.711. The standard InChI is InChI=1S/C17H34NO7P/c1-15(2,3)23-13(19)11-18(10)14(20)21-12-22-26(24-16(4,5)6)25-17(7,8)9/h11-12H2,1-10H3. The number of amides is 1. The molecule has 0 saturated heterocycles. The van der Waals surface area contributed by atoms with E-state index in [9.17, 15) is 9.59 Å². The molecular weight excluding hydrogens is 361 g/mol. The molecule has 0 saturated carbocycles. The highest BCUT2D eigenvalue weighted by molar-refractivity contribution is 7.41. The Morgan fingerprint density at radius 1 is 0.846 bits per heavy atom. The molecule has 0 aromatic carbocycles. The Hall–Kier alpha value is -0.950. The van der Waals surface area contributed by atoms with Gasteiger partial charge in [-0.3, -0.25) is 9.32 Å². The van der Waals surface area contributed by atoms with Crippen molar-refractivity contribution in [3.05, 3.63) is 0 Å². The van der Waals surface area contributed by atoms with Crippen LogP contribution in [0, 0.1) is 0 Å². The molecule has 0 bridgehead atoms. The molecule has 0 rings (SSSR count). The Bertz CT molecular complexity index is 447. The Morgan fingerprint density at radius 3 is 1.69 bits per heavy atom. The van der Waals surface area contributed by atoms with Crippen LogP contribution >= 0.6 is 8.60 Å². The Morgan fingerprint density at radius 2 is 1.31 bits per heavy atom. The normalized spacial score (nSPS) is 12.9. The summed E-state index contributed by atoms with van der Waals surface area (Å²) in [6.45, 7) is 15.9. The first-order valence-electron chi connectivity index (χ1n) is 8.39. The van der Waals surface area contributed by atoms with Crippen LogP contribution in [0.15, 0.2) is 0 Å². The predicted octanol–water partition coefficient (Wildman–Crippen LogP) is 4.23. The zero-order valence-electron chi connectivity index (χ0n) is 17.7. The molecule has 1 amide bonds. The third-order valence-electron chi connectivity index (χ3n) is 2.14. The quantitative estimate of drug-likeness (QED) is 0.362. The van der Waals surface area contributed by atoms with Crippen molar-refractivity contribution in [2.24, 2.45) is 0 Å². The lowest BCUT2D eigenvalue weighted by Crippen LogP contribution is -2.36. The molecule has 0 aliphatic heterocycles. The van der Waals surface area contributed by atoms with Crippen LogP contribution < -0.4 is 0 Å². The van der Waals surface area contributed by atoms with Gasteiger partial charge in [-0.2, -0.15) is 0 Å². The molecule has 0 atom stereocenters. The molecule has 0 spiro atoms. The van der Waals surface area contributed by atoms with Crippen molar-refractivity contribution in [1.29, 1.82) is 0 Å². The zero-order valence-corrected chi connectivity index (χ0v) is 18.6. The molecular formula is C17H34NO7P. The number of esters is 1. The lowest BCUT2D eigenvalue weighted by molar-refractivity contribution is -0.155. The minimum atomic E-state index is -1.71. The van der Waals surface area contributed by atoms with E-state index in [0.717, 1.165) is 4.90 Å². The zero-order chi connectivity index (χ0) is 20.8. The molecule has 0 radical (unpaired) electrons. The number of carbonyl (C=O) groups excluding carboxylic acids is 2. The maximum absolute atomic E-state index is 11.9. The highest BCUT2D eigenvalue weighted by atomic mass is 31.2. The molecule has 0 heterocycles. The average Bonchev–Trinajstić information content (AvgIpc) is 2.31. The topological polar surface area (TPSA) is 83.5 Å². The van der Waals surface area contributed by atoms with Gasteiger partial charge in [0.1, 0.15) is 12.1 Å². The van der Waals surface area contributed by atoms with E-state index in [4.69, 9.17) is 23.0 Å². The van der Waals surface area contributed by atoms with Gasteiger partial charge < -0.3 is 23.4 Å². The summed E-state index contributed by atoms with van der Waals surface area (Å²) in [6, 6.07) is 0. The predicted molar refractivity (Wildman–Crippen MR) is 99.5 cm³/mol. The van der Waals surface area contributed by atoms with Crippen molar-refractivity contribution in [1.82, 2.24) is 4.90 Å². The number of nitrogens with zero attached hydrogens (tertiary/aromatic N) is 1. The van der Waals surface area contributed by atoms with Gasteiger partial charge in [0, 0.05) is 7.05 Å². The van der Waals surface area contributed by atoms with Gasteiger partial charge in [-0.05, 0) is 62.3 Å². The third-order valence-corrected chi connectivity index (χ3v) is 3.85. The van der Waals surface area contributed by atoms with E-state index in [1.54, 1.807) is 20.8 Å². The molecule has 0 aromatic rings. The second-order valence-corrected chi connectivity index (χ2v) is 9.80. The Balaban J connectivity index is 4.46. The summed E-state index contributed by atoms with van der Waals surface area (Å²) in [7, 11) is -0.272. The smallest absolute Gasteiger partial charge is 0.412 e.